The first-order valence-corrected chi connectivity index (χ1v) is 7.59. The Morgan fingerprint density at radius 2 is 2.14 bits per heavy atom. The van der Waals surface area contributed by atoms with Crippen molar-refractivity contribution in [2.24, 2.45) is 0 Å². The maximum Gasteiger partial charge on any atom is 0.303 e. The van der Waals surface area contributed by atoms with E-state index in [9.17, 15) is 4.79 Å². The van der Waals surface area contributed by atoms with E-state index in [1.807, 2.05) is 16.9 Å². The third-order valence-corrected chi connectivity index (χ3v) is 4.02. The fourth-order valence-electron chi connectivity index (χ4n) is 2.85. The van der Waals surface area contributed by atoms with Gasteiger partial charge in [0.1, 0.15) is 0 Å². The smallest absolute Gasteiger partial charge is 0.303 e. The zero-order valence-electron chi connectivity index (χ0n) is 12.4. The Hall–Kier alpha value is -2.21. The van der Waals surface area contributed by atoms with Gasteiger partial charge in [-0.1, -0.05) is 35.5 Å². The topological polar surface area (TPSA) is 71.2 Å². The molecule has 1 aromatic carbocycles. The zero-order valence-corrected chi connectivity index (χ0v) is 12.4. The number of aliphatic carboxylic acids is 1. The zero-order chi connectivity index (χ0) is 15.4. The number of carbonyl (C=O) groups is 1. The van der Waals surface area contributed by atoms with Crippen LogP contribution in [0.1, 0.15) is 30.1 Å². The van der Waals surface area contributed by atoms with Crippen LogP contribution < -0.4 is 0 Å². The third kappa shape index (κ3) is 3.71. The van der Waals surface area contributed by atoms with Crippen molar-refractivity contribution in [3.05, 3.63) is 47.8 Å². The molecule has 3 rings (SSSR count). The first-order valence-electron chi connectivity index (χ1n) is 7.59. The molecule has 1 aliphatic rings. The predicted molar refractivity (Wildman–Crippen MR) is 81.4 cm³/mol. The lowest BCUT2D eigenvalue weighted by atomic mass is 10.2. The number of carboxylic acids is 1. The van der Waals surface area contributed by atoms with E-state index in [1.165, 1.54) is 5.56 Å². The van der Waals surface area contributed by atoms with Gasteiger partial charge >= 0.3 is 5.97 Å². The summed E-state index contributed by atoms with van der Waals surface area (Å²) < 4.78 is 1.89. The number of rotatable bonds is 6. The predicted octanol–water partition coefficient (Wildman–Crippen LogP) is 1.74. The van der Waals surface area contributed by atoms with Crippen molar-refractivity contribution in [1.82, 2.24) is 19.9 Å². The minimum Gasteiger partial charge on any atom is -0.481 e. The highest BCUT2D eigenvalue weighted by molar-refractivity contribution is 5.66. The molecule has 1 fully saturated rings. The van der Waals surface area contributed by atoms with E-state index in [-0.39, 0.29) is 6.42 Å². The molecule has 0 bridgehead atoms. The lowest BCUT2D eigenvalue weighted by Gasteiger charge is -2.15. The molecule has 1 atom stereocenters. The average molecular weight is 300 g/mol. The highest BCUT2D eigenvalue weighted by atomic mass is 16.4. The summed E-state index contributed by atoms with van der Waals surface area (Å²) in [5.74, 6) is -0.801. The highest BCUT2D eigenvalue weighted by Crippen LogP contribution is 2.22. The minimum absolute atomic E-state index is 0.101. The van der Waals surface area contributed by atoms with E-state index in [1.54, 1.807) is 0 Å². The summed E-state index contributed by atoms with van der Waals surface area (Å²) in [6.07, 6.45) is 3.48. The second-order valence-corrected chi connectivity index (χ2v) is 5.75. The van der Waals surface area contributed by atoms with Gasteiger partial charge in [-0.15, -0.1) is 5.10 Å². The van der Waals surface area contributed by atoms with Crippen molar-refractivity contribution in [3.63, 3.8) is 0 Å². The van der Waals surface area contributed by atoms with E-state index in [0.717, 1.165) is 31.7 Å². The maximum atomic E-state index is 10.6. The van der Waals surface area contributed by atoms with Crippen LogP contribution in [-0.4, -0.2) is 44.1 Å². The molecular weight excluding hydrogens is 280 g/mol. The van der Waals surface area contributed by atoms with Crippen molar-refractivity contribution in [3.8, 4) is 0 Å². The molecule has 0 aliphatic carbocycles. The van der Waals surface area contributed by atoms with E-state index >= 15 is 0 Å². The van der Waals surface area contributed by atoms with E-state index in [4.69, 9.17) is 5.11 Å². The molecule has 1 aliphatic heterocycles. The molecular formula is C16H20N4O2. The van der Waals surface area contributed by atoms with E-state index in [2.05, 4.69) is 39.5 Å². The molecule has 116 valence electrons. The van der Waals surface area contributed by atoms with Crippen LogP contribution in [0.3, 0.4) is 0 Å². The molecule has 0 radical (unpaired) electrons. The molecule has 0 spiro atoms. The highest BCUT2D eigenvalue weighted by Gasteiger charge is 2.24. The maximum absolute atomic E-state index is 10.6. The first kappa shape index (κ1) is 14.7. The summed E-state index contributed by atoms with van der Waals surface area (Å²) in [5, 5.41) is 16.9. The van der Waals surface area contributed by atoms with Gasteiger partial charge in [0.2, 0.25) is 0 Å². The molecule has 1 unspecified atom stereocenters. The van der Waals surface area contributed by atoms with Crippen molar-refractivity contribution < 1.29 is 9.90 Å². The van der Waals surface area contributed by atoms with Crippen LogP contribution in [-0.2, 0) is 17.8 Å². The third-order valence-electron chi connectivity index (χ3n) is 4.02. The number of hydrogen-bond acceptors (Lipinski definition) is 4. The summed E-state index contributed by atoms with van der Waals surface area (Å²) >= 11 is 0. The second-order valence-electron chi connectivity index (χ2n) is 5.75. The number of benzene rings is 1. The first-order chi connectivity index (χ1) is 10.7. The van der Waals surface area contributed by atoms with Crippen molar-refractivity contribution in [2.75, 3.05) is 13.1 Å². The van der Waals surface area contributed by atoms with Gasteiger partial charge in [-0.2, -0.15) is 0 Å². The number of carboxylic acid groups (broad SMARTS) is 1. The normalized spacial score (nSPS) is 18.6. The summed E-state index contributed by atoms with van der Waals surface area (Å²) in [5.41, 5.74) is 2.08. The Labute approximate surface area is 129 Å². The Morgan fingerprint density at radius 1 is 1.32 bits per heavy atom. The quantitative estimate of drug-likeness (QED) is 0.880. The molecule has 6 heteroatoms. The molecule has 2 heterocycles. The van der Waals surface area contributed by atoms with Gasteiger partial charge in [-0.25, -0.2) is 4.68 Å². The van der Waals surface area contributed by atoms with Gasteiger partial charge in [0, 0.05) is 32.3 Å². The lowest BCUT2D eigenvalue weighted by molar-refractivity contribution is -0.136. The summed E-state index contributed by atoms with van der Waals surface area (Å²) in [6, 6.07) is 10.8. The van der Waals surface area contributed by atoms with Crippen LogP contribution in [0, 0.1) is 0 Å². The van der Waals surface area contributed by atoms with Crippen LogP contribution >= 0.6 is 0 Å². The van der Waals surface area contributed by atoms with Gasteiger partial charge in [-0.3, -0.25) is 9.69 Å². The van der Waals surface area contributed by atoms with Crippen LogP contribution in [0.5, 0.6) is 0 Å². The fraction of sp³-hybridized carbons (Fsp3) is 0.438. The van der Waals surface area contributed by atoms with Crippen LogP contribution in [0.25, 0.3) is 0 Å². The van der Waals surface area contributed by atoms with Gasteiger partial charge in [0.05, 0.1) is 18.2 Å². The number of likely N-dealkylation sites (tertiary alicyclic amines) is 1. The summed E-state index contributed by atoms with van der Waals surface area (Å²) in [4.78, 5) is 13.0. The monoisotopic (exact) mass is 300 g/mol. The SMILES string of the molecule is O=C(O)CCc1cn(C2CCN(Cc3ccccc3)C2)nn1. The van der Waals surface area contributed by atoms with Gasteiger partial charge < -0.3 is 5.11 Å². The van der Waals surface area contributed by atoms with Gasteiger partial charge in [-0.05, 0) is 12.0 Å². The van der Waals surface area contributed by atoms with Gasteiger partial charge in [0.15, 0.2) is 0 Å². The lowest BCUT2D eigenvalue weighted by Crippen LogP contribution is -2.21. The van der Waals surface area contributed by atoms with Crippen molar-refractivity contribution >= 4 is 5.97 Å². The summed E-state index contributed by atoms with van der Waals surface area (Å²) in [7, 11) is 0. The Kier molecular flexibility index (Phi) is 4.48. The van der Waals surface area contributed by atoms with Crippen LogP contribution in [0.4, 0.5) is 0 Å². The Balaban J connectivity index is 1.55. The van der Waals surface area contributed by atoms with Crippen molar-refractivity contribution in [1.29, 1.82) is 0 Å². The molecule has 2 aromatic rings. The number of hydrogen-bond donors (Lipinski definition) is 1. The molecule has 0 saturated carbocycles. The number of aryl methyl sites for hydroxylation is 1. The minimum atomic E-state index is -0.801. The fourth-order valence-corrected chi connectivity index (χ4v) is 2.85. The molecule has 0 amide bonds. The Bertz CT molecular complexity index is 626. The van der Waals surface area contributed by atoms with Crippen LogP contribution in [0.15, 0.2) is 36.5 Å². The van der Waals surface area contributed by atoms with E-state index in [0.29, 0.717) is 12.5 Å². The molecule has 1 aromatic heterocycles. The average Bonchev–Trinajstić information content (AvgIpc) is 3.15. The van der Waals surface area contributed by atoms with E-state index < -0.39 is 5.97 Å². The number of aromatic nitrogens is 3. The molecule has 22 heavy (non-hydrogen) atoms. The standard InChI is InChI=1S/C16H20N4O2/c21-16(22)7-6-14-11-20(18-17-14)15-8-9-19(12-15)10-13-4-2-1-3-5-13/h1-5,11,15H,6-10,12H2,(H,21,22). The van der Waals surface area contributed by atoms with Gasteiger partial charge in [0.25, 0.3) is 0 Å². The molecule has 6 nitrogen and oxygen atoms in total. The van der Waals surface area contributed by atoms with Crippen molar-refractivity contribution in [2.45, 2.75) is 31.8 Å². The molecule has 1 saturated heterocycles. The second kappa shape index (κ2) is 6.70. The Morgan fingerprint density at radius 3 is 2.91 bits per heavy atom. The number of nitrogens with zero attached hydrogens (tertiary/aromatic N) is 4. The molecule has 1 N–H and O–H groups in total. The largest absolute Gasteiger partial charge is 0.481 e. The summed E-state index contributed by atoms with van der Waals surface area (Å²) in [6.45, 7) is 2.96. The van der Waals surface area contributed by atoms with Crippen LogP contribution in [0.2, 0.25) is 0 Å².